The SMILES string of the molecule is CC(C)[C@H](COCCCCCCOC[C@H](c1ccccc1)C(C)(C)C)C1(C)C=CC=CC1. The van der Waals surface area contributed by atoms with Crippen molar-refractivity contribution in [3.63, 3.8) is 0 Å². The van der Waals surface area contributed by atoms with E-state index in [9.17, 15) is 0 Å². The highest BCUT2D eigenvalue weighted by Crippen LogP contribution is 2.40. The Labute approximate surface area is 198 Å². The van der Waals surface area contributed by atoms with Gasteiger partial charge < -0.3 is 9.47 Å². The van der Waals surface area contributed by atoms with Crippen LogP contribution in [0.2, 0.25) is 0 Å². The van der Waals surface area contributed by atoms with Crippen molar-refractivity contribution in [1.29, 1.82) is 0 Å². The summed E-state index contributed by atoms with van der Waals surface area (Å²) in [6.07, 6.45) is 14.9. The number of hydrogen-bond acceptors (Lipinski definition) is 2. The fourth-order valence-electron chi connectivity index (χ4n) is 4.87. The zero-order chi connectivity index (χ0) is 23.5. The van der Waals surface area contributed by atoms with Crippen molar-refractivity contribution >= 4 is 0 Å². The lowest BCUT2D eigenvalue weighted by molar-refractivity contribution is 0.0348. The molecule has 0 radical (unpaired) electrons. The van der Waals surface area contributed by atoms with Gasteiger partial charge in [0, 0.05) is 19.1 Å². The minimum absolute atomic E-state index is 0.202. The Hall–Kier alpha value is -1.38. The molecule has 0 saturated heterocycles. The number of allylic oxidation sites excluding steroid dienone is 4. The van der Waals surface area contributed by atoms with Gasteiger partial charge in [-0.3, -0.25) is 0 Å². The summed E-state index contributed by atoms with van der Waals surface area (Å²) in [7, 11) is 0. The van der Waals surface area contributed by atoms with E-state index in [1.165, 1.54) is 18.4 Å². The molecule has 1 aliphatic rings. The van der Waals surface area contributed by atoms with Gasteiger partial charge in [0.15, 0.2) is 0 Å². The maximum Gasteiger partial charge on any atom is 0.0539 e. The van der Waals surface area contributed by atoms with Gasteiger partial charge in [-0.25, -0.2) is 0 Å². The molecule has 0 fully saturated rings. The number of rotatable bonds is 14. The Morgan fingerprint density at radius 1 is 0.875 bits per heavy atom. The van der Waals surface area contributed by atoms with Gasteiger partial charge in [-0.15, -0.1) is 0 Å². The van der Waals surface area contributed by atoms with Crippen molar-refractivity contribution in [2.45, 2.75) is 79.6 Å². The predicted octanol–water partition coefficient (Wildman–Crippen LogP) is 8.20. The van der Waals surface area contributed by atoms with Crippen molar-refractivity contribution in [2.24, 2.45) is 22.7 Å². The van der Waals surface area contributed by atoms with Crippen LogP contribution in [-0.4, -0.2) is 26.4 Å². The van der Waals surface area contributed by atoms with Gasteiger partial charge in [-0.2, -0.15) is 0 Å². The van der Waals surface area contributed by atoms with Crippen LogP contribution < -0.4 is 0 Å². The number of ether oxygens (including phenoxy) is 2. The van der Waals surface area contributed by atoms with E-state index in [4.69, 9.17) is 9.47 Å². The van der Waals surface area contributed by atoms with Crippen molar-refractivity contribution in [3.8, 4) is 0 Å². The monoisotopic (exact) mass is 440 g/mol. The molecule has 1 aromatic carbocycles. The fourth-order valence-corrected chi connectivity index (χ4v) is 4.87. The summed E-state index contributed by atoms with van der Waals surface area (Å²) in [5.41, 5.74) is 1.81. The molecule has 180 valence electrons. The van der Waals surface area contributed by atoms with Gasteiger partial charge in [0.05, 0.1) is 13.2 Å². The lowest BCUT2D eigenvalue weighted by Gasteiger charge is -2.38. The van der Waals surface area contributed by atoms with Gasteiger partial charge in [0.1, 0.15) is 0 Å². The molecular formula is C30H48O2. The van der Waals surface area contributed by atoms with E-state index in [0.717, 1.165) is 45.7 Å². The molecule has 2 nitrogen and oxygen atoms in total. The summed E-state index contributed by atoms with van der Waals surface area (Å²) < 4.78 is 12.2. The molecule has 32 heavy (non-hydrogen) atoms. The molecule has 0 N–H and O–H groups in total. The van der Waals surface area contributed by atoms with E-state index >= 15 is 0 Å². The highest BCUT2D eigenvalue weighted by Gasteiger charge is 2.33. The lowest BCUT2D eigenvalue weighted by Crippen LogP contribution is -2.33. The van der Waals surface area contributed by atoms with E-state index in [1.807, 2.05) is 0 Å². The molecule has 0 aliphatic heterocycles. The Morgan fingerprint density at radius 2 is 1.50 bits per heavy atom. The Bertz CT molecular complexity index is 683. The summed E-state index contributed by atoms with van der Waals surface area (Å²) in [5, 5.41) is 0. The smallest absolute Gasteiger partial charge is 0.0539 e. The minimum Gasteiger partial charge on any atom is -0.381 e. The molecule has 2 rings (SSSR count). The van der Waals surface area contributed by atoms with Crippen LogP contribution in [-0.2, 0) is 9.47 Å². The normalized spacial score (nSPS) is 20.6. The summed E-state index contributed by atoms with van der Waals surface area (Å²) in [6.45, 7) is 17.3. The maximum absolute atomic E-state index is 6.13. The second-order valence-electron chi connectivity index (χ2n) is 11.2. The van der Waals surface area contributed by atoms with E-state index in [-0.39, 0.29) is 10.8 Å². The third-order valence-corrected chi connectivity index (χ3v) is 7.09. The highest BCUT2D eigenvalue weighted by atomic mass is 16.5. The molecular weight excluding hydrogens is 392 g/mol. The molecule has 1 aromatic rings. The number of hydrogen-bond donors (Lipinski definition) is 0. The molecule has 1 unspecified atom stereocenters. The average Bonchev–Trinajstić information content (AvgIpc) is 2.74. The maximum atomic E-state index is 6.13. The van der Waals surface area contributed by atoms with E-state index in [2.05, 4.69) is 96.2 Å². The van der Waals surface area contributed by atoms with Crippen LogP contribution in [0.15, 0.2) is 54.6 Å². The quantitative estimate of drug-likeness (QED) is 0.271. The third-order valence-electron chi connectivity index (χ3n) is 7.09. The van der Waals surface area contributed by atoms with Gasteiger partial charge in [-0.05, 0) is 47.5 Å². The third kappa shape index (κ3) is 8.87. The van der Waals surface area contributed by atoms with E-state index in [0.29, 0.717) is 17.8 Å². The standard InChI is InChI=1S/C30H48O2/c1-25(2)27(30(6)19-13-10-14-20-30)23-31-21-15-7-8-16-22-32-24-28(29(3,4)5)26-17-11-9-12-18-26/h9-14,17-19,25,27-28H,7-8,15-16,20-24H2,1-6H3/t27-,28+,30?/m0/s1. The highest BCUT2D eigenvalue weighted by molar-refractivity contribution is 5.21. The van der Waals surface area contributed by atoms with E-state index in [1.54, 1.807) is 0 Å². The molecule has 0 spiro atoms. The fraction of sp³-hybridized carbons (Fsp3) is 0.667. The van der Waals surface area contributed by atoms with Crippen LogP contribution in [0.4, 0.5) is 0 Å². The second-order valence-corrected chi connectivity index (χ2v) is 11.2. The average molecular weight is 441 g/mol. The molecule has 2 heteroatoms. The molecule has 0 heterocycles. The van der Waals surface area contributed by atoms with Crippen molar-refractivity contribution < 1.29 is 9.47 Å². The summed E-state index contributed by atoms with van der Waals surface area (Å²) >= 11 is 0. The topological polar surface area (TPSA) is 18.5 Å². The predicted molar refractivity (Wildman–Crippen MR) is 138 cm³/mol. The molecule has 3 atom stereocenters. The zero-order valence-corrected chi connectivity index (χ0v) is 21.6. The molecule has 0 amide bonds. The Balaban J connectivity index is 1.57. The van der Waals surface area contributed by atoms with Gasteiger partial charge >= 0.3 is 0 Å². The van der Waals surface area contributed by atoms with Crippen LogP contribution >= 0.6 is 0 Å². The number of benzene rings is 1. The molecule has 0 saturated carbocycles. The number of unbranched alkanes of at least 4 members (excludes halogenated alkanes) is 3. The van der Waals surface area contributed by atoms with Crippen molar-refractivity contribution in [2.75, 3.05) is 26.4 Å². The van der Waals surface area contributed by atoms with Gasteiger partial charge in [-0.1, -0.05) is 109 Å². The molecule has 0 bridgehead atoms. The second kappa shape index (κ2) is 13.4. The van der Waals surface area contributed by atoms with Crippen LogP contribution in [0.25, 0.3) is 0 Å². The minimum atomic E-state index is 0.202. The van der Waals surface area contributed by atoms with Gasteiger partial charge in [0.2, 0.25) is 0 Å². The van der Waals surface area contributed by atoms with Crippen LogP contribution in [0.1, 0.15) is 85.1 Å². The Morgan fingerprint density at radius 3 is 2.03 bits per heavy atom. The first-order chi connectivity index (χ1) is 15.2. The molecule has 1 aliphatic carbocycles. The van der Waals surface area contributed by atoms with Gasteiger partial charge in [0.25, 0.3) is 0 Å². The molecule has 0 aromatic heterocycles. The first-order valence-electron chi connectivity index (χ1n) is 12.8. The van der Waals surface area contributed by atoms with Crippen molar-refractivity contribution in [3.05, 3.63) is 60.2 Å². The van der Waals surface area contributed by atoms with E-state index < -0.39 is 0 Å². The van der Waals surface area contributed by atoms with Crippen LogP contribution in [0.5, 0.6) is 0 Å². The zero-order valence-electron chi connectivity index (χ0n) is 21.6. The van der Waals surface area contributed by atoms with Crippen molar-refractivity contribution in [1.82, 2.24) is 0 Å². The Kier molecular flexibility index (Phi) is 11.2. The van der Waals surface area contributed by atoms with Crippen LogP contribution in [0.3, 0.4) is 0 Å². The summed E-state index contributed by atoms with van der Waals surface area (Å²) in [6, 6.07) is 10.8. The first-order valence-corrected chi connectivity index (χ1v) is 12.8. The summed E-state index contributed by atoms with van der Waals surface area (Å²) in [4.78, 5) is 0. The first kappa shape index (κ1) is 26.9. The summed E-state index contributed by atoms with van der Waals surface area (Å²) in [5.74, 6) is 1.63. The largest absolute Gasteiger partial charge is 0.381 e. The van der Waals surface area contributed by atoms with Crippen LogP contribution in [0, 0.1) is 22.7 Å². The lowest BCUT2D eigenvalue weighted by atomic mass is 9.68.